The number of primary amides is 1. The standard InChI is InChI=1S/C9H17N3O2/c1-5(7(13)12-8(10)14)11-6-4-9(6,2)3/h5-6,11H,4H2,1-3H3,(H3,10,12,13,14). The number of carbonyl (C=O) groups is 2. The Bertz CT molecular complexity index is 263. The molecule has 1 fully saturated rings. The maximum atomic E-state index is 11.3. The third-order valence-corrected chi connectivity index (χ3v) is 2.60. The number of imide groups is 1. The predicted octanol–water partition coefficient (Wildman–Crippen LogP) is -0.0421. The van der Waals surface area contributed by atoms with E-state index in [2.05, 4.69) is 19.2 Å². The summed E-state index contributed by atoms with van der Waals surface area (Å²) < 4.78 is 0. The molecule has 0 heterocycles. The Morgan fingerprint density at radius 3 is 2.36 bits per heavy atom. The first-order valence-corrected chi connectivity index (χ1v) is 4.69. The lowest BCUT2D eigenvalue weighted by atomic mass is 10.2. The molecule has 1 rings (SSSR count). The Kier molecular flexibility index (Phi) is 2.80. The summed E-state index contributed by atoms with van der Waals surface area (Å²) in [5, 5.41) is 5.17. The monoisotopic (exact) mass is 199 g/mol. The van der Waals surface area contributed by atoms with Gasteiger partial charge >= 0.3 is 6.03 Å². The smallest absolute Gasteiger partial charge is 0.318 e. The second-order valence-corrected chi connectivity index (χ2v) is 4.49. The molecule has 0 spiro atoms. The summed E-state index contributed by atoms with van der Waals surface area (Å²) in [4.78, 5) is 21.7. The van der Waals surface area contributed by atoms with Crippen LogP contribution in [0.2, 0.25) is 0 Å². The molecular weight excluding hydrogens is 182 g/mol. The largest absolute Gasteiger partial charge is 0.351 e. The fraction of sp³-hybridized carbons (Fsp3) is 0.778. The molecule has 0 bridgehead atoms. The number of nitrogens with two attached hydrogens (primary N) is 1. The van der Waals surface area contributed by atoms with Crippen LogP contribution in [0.5, 0.6) is 0 Å². The van der Waals surface area contributed by atoms with Gasteiger partial charge in [-0.3, -0.25) is 10.1 Å². The molecule has 1 saturated carbocycles. The molecule has 2 unspecified atom stereocenters. The fourth-order valence-corrected chi connectivity index (χ4v) is 1.36. The molecule has 3 amide bonds. The Balaban J connectivity index is 2.32. The van der Waals surface area contributed by atoms with Gasteiger partial charge in [-0.15, -0.1) is 0 Å². The summed E-state index contributed by atoms with van der Waals surface area (Å²) in [5.74, 6) is -0.375. The van der Waals surface area contributed by atoms with E-state index in [0.29, 0.717) is 6.04 Å². The third kappa shape index (κ3) is 2.70. The van der Waals surface area contributed by atoms with Gasteiger partial charge in [0.2, 0.25) is 5.91 Å². The van der Waals surface area contributed by atoms with Crippen LogP contribution in [0, 0.1) is 5.41 Å². The molecule has 0 radical (unpaired) electrons. The van der Waals surface area contributed by atoms with E-state index in [9.17, 15) is 9.59 Å². The Hall–Kier alpha value is -1.10. The number of nitrogens with one attached hydrogen (secondary N) is 2. The normalized spacial score (nSPS) is 25.2. The third-order valence-electron chi connectivity index (χ3n) is 2.60. The summed E-state index contributed by atoms with van der Waals surface area (Å²) in [6.45, 7) is 5.97. The van der Waals surface area contributed by atoms with Gasteiger partial charge in [0.1, 0.15) is 0 Å². The van der Waals surface area contributed by atoms with Crippen molar-refractivity contribution < 1.29 is 9.59 Å². The molecule has 5 heteroatoms. The van der Waals surface area contributed by atoms with E-state index >= 15 is 0 Å². The van der Waals surface area contributed by atoms with Crippen molar-refractivity contribution in [3.05, 3.63) is 0 Å². The average Bonchev–Trinajstić information content (AvgIpc) is 2.56. The highest BCUT2D eigenvalue weighted by Crippen LogP contribution is 2.44. The zero-order valence-electron chi connectivity index (χ0n) is 8.76. The van der Waals surface area contributed by atoms with Crippen molar-refractivity contribution in [3.8, 4) is 0 Å². The quantitative estimate of drug-likeness (QED) is 0.596. The van der Waals surface area contributed by atoms with Crippen molar-refractivity contribution in [2.24, 2.45) is 11.1 Å². The van der Waals surface area contributed by atoms with Crippen LogP contribution in [0.15, 0.2) is 0 Å². The van der Waals surface area contributed by atoms with Gasteiger partial charge < -0.3 is 11.1 Å². The van der Waals surface area contributed by atoms with Gasteiger partial charge in [0, 0.05) is 6.04 Å². The van der Waals surface area contributed by atoms with Gasteiger partial charge in [0.05, 0.1) is 6.04 Å². The molecule has 0 saturated heterocycles. The van der Waals surface area contributed by atoms with E-state index in [4.69, 9.17) is 5.73 Å². The van der Waals surface area contributed by atoms with Crippen molar-refractivity contribution >= 4 is 11.9 Å². The number of urea groups is 1. The first-order valence-electron chi connectivity index (χ1n) is 4.69. The molecule has 5 nitrogen and oxygen atoms in total. The fourth-order valence-electron chi connectivity index (χ4n) is 1.36. The maximum Gasteiger partial charge on any atom is 0.318 e. The van der Waals surface area contributed by atoms with Crippen LogP contribution in [0.25, 0.3) is 0 Å². The average molecular weight is 199 g/mol. The highest BCUT2D eigenvalue weighted by molar-refractivity contribution is 5.96. The van der Waals surface area contributed by atoms with Crippen LogP contribution in [0.3, 0.4) is 0 Å². The van der Waals surface area contributed by atoms with Gasteiger partial charge in [-0.25, -0.2) is 4.79 Å². The lowest BCUT2D eigenvalue weighted by Crippen LogP contribution is -2.47. The minimum atomic E-state index is -0.807. The molecule has 0 aromatic rings. The zero-order valence-corrected chi connectivity index (χ0v) is 8.76. The van der Waals surface area contributed by atoms with Crippen LogP contribution in [0.4, 0.5) is 4.79 Å². The zero-order chi connectivity index (χ0) is 10.9. The summed E-state index contributed by atoms with van der Waals surface area (Å²) in [6.07, 6.45) is 1.06. The SMILES string of the molecule is CC(NC1CC1(C)C)C(=O)NC(N)=O. The van der Waals surface area contributed by atoms with Crippen LogP contribution in [-0.2, 0) is 4.79 Å². The second-order valence-electron chi connectivity index (χ2n) is 4.49. The van der Waals surface area contributed by atoms with Crippen molar-refractivity contribution in [1.82, 2.24) is 10.6 Å². The molecule has 0 aromatic carbocycles. The highest BCUT2D eigenvalue weighted by Gasteiger charge is 2.46. The molecule has 80 valence electrons. The van der Waals surface area contributed by atoms with Gasteiger partial charge in [0.15, 0.2) is 0 Å². The van der Waals surface area contributed by atoms with Gasteiger partial charge in [0.25, 0.3) is 0 Å². The first-order chi connectivity index (χ1) is 6.33. The lowest BCUT2D eigenvalue weighted by Gasteiger charge is -2.13. The van der Waals surface area contributed by atoms with Crippen molar-refractivity contribution in [2.75, 3.05) is 0 Å². The van der Waals surface area contributed by atoms with Gasteiger partial charge in [-0.2, -0.15) is 0 Å². The number of carbonyl (C=O) groups excluding carboxylic acids is 2. The van der Waals surface area contributed by atoms with Gasteiger partial charge in [-0.1, -0.05) is 13.8 Å². The lowest BCUT2D eigenvalue weighted by molar-refractivity contribution is -0.121. The number of hydrogen-bond acceptors (Lipinski definition) is 3. The highest BCUT2D eigenvalue weighted by atomic mass is 16.2. The Morgan fingerprint density at radius 1 is 1.50 bits per heavy atom. The van der Waals surface area contributed by atoms with Crippen molar-refractivity contribution in [1.29, 1.82) is 0 Å². The molecule has 1 aliphatic carbocycles. The minimum absolute atomic E-state index is 0.265. The molecule has 14 heavy (non-hydrogen) atoms. The molecule has 2 atom stereocenters. The van der Waals surface area contributed by atoms with Crippen molar-refractivity contribution in [2.45, 2.75) is 39.3 Å². The van der Waals surface area contributed by atoms with E-state index in [-0.39, 0.29) is 17.4 Å². The minimum Gasteiger partial charge on any atom is -0.351 e. The van der Waals surface area contributed by atoms with Crippen LogP contribution < -0.4 is 16.4 Å². The Morgan fingerprint density at radius 2 is 2.00 bits per heavy atom. The molecular formula is C9H17N3O2. The maximum absolute atomic E-state index is 11.3. The molecule has 4 N–H and O–H groups in total. The molecule has 0 aromatic heterocycles. The Labute approximate surface area is 83.4 Å². The van der Waals surface area contributed by atoms with E-state index < -0.39 is 6.03 Å². The topological polar surface area (TPSA) is 84.2 Å². The summed E-state index contributed by atoms with van der Waals surface area (Å²) in [5.41, 5.74) is 5.10. The van der Waals surface area contributed by atoms with Crippen LogP contribution >= 0.6 is 0 Å². The summed E-state index contributed by atoms with van der Waals surface area (Å²) in [6, 6.07) is -0.830. The first kappa shape index (κ1) is 11.0. The van der Waals surface area contributed by atoms with Crippen LogP contribution in [0.1, 0.15) is 27.2 Å². The summed E-state index contributed by atoms with van der Waals surface area (Å²) >= 11 is 0. The predicted molar refractivity (Wildman–Crippen MR) is 52.5 cm³/mol. The van der Waals surface area contributed by atoms with E-state index in [1.807, 2.05) is 5.32 Å². The number of hydrogen-bond donors (Lipinski definition) is 3. The second kappa shape index (κ2) is 3.57. The number of amides is 3. The van der Waals surface area contributed by atoms with E-state index in [1.54, 1.807) is 6.92 Å². The van der Waals surface area contributed by atoms with Crippen LogP contribution in [-0.4, -0.2) is 24.0 Å². The van der Waals surface area contributed by atoms with Crippen molar-refractivity contribution in [3.63, 3.8) is 0 Å². The van der Waals surface area contributed by atoms with Gasteiger partial charge in [-0.05, 0) is 18.8 Å². The number of rotatable bonds is 3. The van der Waals surface area contributed by atoms with E-state index in [0.717, 1.165) is 6.42 Å². The molecule has 1 aliphatic rings. The molecule has 0 aliphatic heterocycles. The summed E-state index contributed by atoms with van der Waals surface area (Å²) in [7, 11) is 0. The van der Waals surface area contributed by atoms with E-state index in [1.165, 1.54) is 0 Å².